The summed E-state index contributed by atoms with van der Waals surface area (Å²) in [5.74, 6) is 0.192. The van der Waals surface area contributed by atoms with Crippen molar-refractivity contribution >= 4 is 17.5 Å². The van der Waals surface area contributed by atoms with Crippen LogP contribution in [0, 0.1) is 0 Å². The van der Waals surface area contributed by atoms with Crippen LogP contribution in [0.15, 0.2) is 79.1 Å². The van der Waals surface area contributed by atoms with Gasteiger partial charge in [0.05, 0.1) is 5.56 Å². The largest absolute Gasteiger partial charge is 0.484 e. The second kappa shape index (κ2) is 9.15. The molecule has 0 aliphatic rings. The van der Waals surface area contributed by atoms with Crippen LogP contribution < -0.4 is 15.4 Å². The van der Waals surface area contributed by atoms with Crippen molar-refractivity contribution in [3.63, 3.8) is 0 Å². The normalized spacial score (nSPS) is 10.1. The van der Waals surface area contributed by atoms with E-state index in [1.54, 1.807) is 36.5 Å². The number of hydrogen-bond acceptors (Lipinski definition) is 4. The number of hydrogen-bond donors (Lipinski definition) is 2. The average Bonchev–Trinajstić information content (AvgIpc) is 2.72. The highest BCUT2D eigenvalue weighted by Gasteiger charge is 2.07. The number of rotatable bonds is 7. The van der Waals surface area contributed by atoms with Gasteiger partial charge >= 0.3 is 0 Å². The third-order valence-electron chi connectivity index (χ3n) is 3.71. The number of carbonyl (C=O) groups is 2. The molecule has 0 atom stereocenters. The molecule has 6 heteroatoms. The standard InChI is InChI=1S/C21H19N3O3/c25-20(15-27-19-9-2-1-3-10-19)23-13-16-6-4-8-18(12-16)24-21(26)17-7-5-11-22-14-17/h1-12,14H,13,15H2,(H,23,25)(H,24,26). The van der Waals surface area contributed by atoms with Gasteiger partial charge in [0.15, 0.2) is 6.61 Å². The van der Waals surface area contributed by atoms with Gasteiger partial charge in [-0.1, -0.05) is 30.3 Å². The topological polar surface area (TPSA) is 80.3 Å². The summed E-state index contributed by atoms with van der Waals surface area (Å²) in [5, 5.41) is 5.61. The molecule has 0 radical (unpaired) electrons. The highest BCUT2D eigenvalue weighted by atomic mass is 16.5. The first kappa shape index (κ1) is 18.1. The summed E-state index contributed by atoms with van der Waals surface area (Å²) < 4.78 is 5.41. The summed E-state index contributed by atoms with van der Waals surface area (Å²) in [7, 11) is 0. The first-order chi connectivity index (χ1) is 13.2. The first-order valence-corrected chi connectivity index (χ1v) is 8.45. The fourth-order valence-corrected chi connectivity index (χ4v) is 2.38. The molecule has 0 fully saturated rings. The van der Waals surface area contributed by atoms with Crippen LogP contribution >= 0.6 is 0 Å². The van der Waals surface area contributed by atoms with Crippen LogP contribution in [0.2, 0.25) is 0 Å². The second-order valence-corrected chi connectivity index (χ2v) is 5.77. The fourth-order valence-electron chi connectivity index (χ4n) is 2.38. The lowest BCUT2D eigenvalue weighted by molar-refractivity contribution is -0.123. The number of para-hydroxylation sites is 1. The van der Waals surface area contributed by atoms with Gasteiger partial charge in [0.25, 0.3) is 11.8 Å². The molecule has 0 bridgehead atoms. The second-order valence-electron chi connectivity index (χ2n) is 5.77. The predicted octanol–water partition coefficient (Wildman–Crippen LogP) is 3.03. The summed E-state index contributed by atoms with van der Waals surface area (Å²) in [5.41, 5.74) is 2.00. The minimum absolute atomic E-state index is 0.0541. The van der Waals surface area contributed by atoms with Crippen LogP contribution in [0.4, 0.5) is 5.69 Å². The smallest absolute Gasteiger partial charge is 0.258 e. The molecule has 2 amide bonds. The molecule has 2 N–H and O–H groups in total. The Kier molecular flexibility index (Phi) is 6.14. The quantitative estimate of drug-likeness (QED) is 0.678. The lowest BCUT2D eigenvalue weighted by Gasteiger charge is -2.09. The maximum atomic E-state index is 12.2. The molecule has 1 heterocycles. The lowest BCUT2D eigenvalue weighted by Crippen LogP contribution is -2.28. The van der Waals surface area contributed by atoms with Crippen LogP contribution in [-0.2, 0) is 11.3 Å². The van der Waals surface area contributed by atoms with Gasteiger partial charge in [0.2, 0.25) is 0 Å². The van der Waals surface area contributed by atoms with Gasteiger partial charge in [-0.2, -0.15) is 0 Å². The van der Waals surface area contributed by atoms with Gasteiger partial charge in [0.1, 0.15) is 5.75 Å². The predicted molar refractivity (Wildman–Crippen MR) is 102 cm³/mol. The monoisotopic (exact) mass is 361 g/mol. The molecular weight excluding hydrogens is 342 g/mol. The third-order valence-corrected chi connectivity index (χ3v) is 3.71. The summed E-state index contributed by atoms with van der Waals surface area (Å²) in [6, 6.07) is 19.9. The van der Waals surface area contributed by atoms with Crippen molar-refractivity contribution in [1.82, 2.24) is 10.3 Å². The Balaban J connectivity index is 1.50. The summed E-state index contributed by atoms with van der Waals surface area (Å²) in [4.78, 5) is 28.0. The molecule has 0 unspecified atom stereocenters. The summed E-state index contributed by atoms with van der Waals surface area (Å²) >= 11 is 0. The number of benzene rings is 2. The molecular formula is C21H19N3O3. The number of carbonyl (C=O) groups excluding carboxylic acids is 2. The SMILES string of the molecule is O=C(COc1ccccc1)NCc1cccc(NC(=O)c2cccnc2)c1. The van der Waals surface area contributed by atoms with E-state index in [4.69, 9.17) is 4.74 Å². The van der Waals surface area contributed by atoms with Crippen LogP contribution in [0.3, 0.4) is 0 Å². The molecule has 0 saturated carbocycles. The van der Waals surface area contributed by atoms with Gasteiger partial charge in [0, 0.05) is 24.6 Å². The van der Waals surface area contributed by atoms with Crippen molar-refractivity contribution in [3.05, 3.63) is 90.3 Å². The first-order valence-electron chi connectivity index (χ1n) is 8.45. The Morgan fingerprint density at radius 2 is 1.81 bits per heavy atom. The molecule has 0 aliphatic heterocycles. The van der Waals surface area contributed by atoms with Gasteiger partial charge in [-0.25, -0.2) is 0 Å². The Labute approximate surface area is 157 Å². The Morgan fingerprint density at radius 3 is 2.59 bits per heavy atom. The molecule has 136 valence electrons. The van der Waals surface area contributed by atoms with Crippen LogP contribution in [0.5, 0.6) is 5.75 Å². The van der Waals surface area contributed by atoms with Crippen molar-refractivity contribution in [3.8, 4) is 5.75 Å². The minimum atomic E-state index is -0.236. The van der Waals surface area contributed by atoms with Crippen molar-refractivity contribution in [1.29, 1.82) is 0 Å². The minimum Gasteiger partial charge on any atom is -0.484 e. The average molecular weight is 361 g/mol. The third kappa shape index (κ3) is 5.67. The van der Waals surface area contributed by atoms with E-state index in [-0.39, 0.29) is 18.4 Å². The molecule has 0 spiro atoms. The molecule has 27 heavy (non-hydrogen) atoms. The molecule has 2 aromatic carbocycles. The number of anilines is 1. The summed E-state index contributed by atoms with van der Waals surface area (Å²) in [6.45, 7) is 0.287. The van der Waals surface area contributed by atoms with E-state index < -0.39 is 0 Å². The molecule has 1 aromatic heterocycles. The zero-order valence-corrected chi connectivity index (χ0v) is 14.6. The zero-order valence-electron chi connectivity index (χ0n) is 14.6. The zero-order chi connectivity index (χ0) is 18.9. The van der Waals surface area contributed by atoms with Crippen LogP contribution in [0.1, 0.15) is 15.9 Å². The van der Waals surface area contributed by atoms with E-state index in [1.807, 2.05) is 36.4 Å². The number of nitrogens with one attached hydrogen (secondary N) is 2. The van der Waals surface area contributed by atoms with E-state index >= 15 is 0 Å². The Morgan fingerprint density at radius 1 is 0.963 bits per heavy atom. The van der Waals surface area contributed by atoms with E-state index in [9.17, 15) is 9.59 Å². The maximum absolute atomic E-state index is 12.2. The van der Waals surface area contributed by atoms with E-state index in [1.165, 1.54) is 6.20 Å². The Hall–Kier alpha value is -3.67. The van der Waals surface area contributed by atoms with E-state index in [0.29, 0.717) is 23.5 Å². The number of nitrogens with zero attached hydrogens (tertiary/aromatic N) is 1. The van der Waals surface area contributed by atoms with Crippen LogP contribution in [0.25, 0.3) is 0 Å². The molecule has 3 rings (SSSR count). The van der Waals surface area contributed by atoms with Crippen molar-refractivity contribution in [2.45, 2.75) is 6.54 Å². The number of pyridine rings is 1. The molecule has 0 saturated heterocycles. The summed E-state index contributed by atoms with van der Waals surface area (Å²) in [6.07, 6.45) is 3.12. The van der Waals surface area contributed by atoms with Crippen molar-refractivity contribution in [2.75, 3.05) is 11.9 Å². The highest BCUT2D eigenvalue weighted by molar-refractivity contribution is 6.04. The fraction of sp³-hybridized carbons (Fsp3) is 0.0952. The van der Waals surface area contributed by atoms with E-state index in [2.05, 4.69) is 15.6 Å². The van der Waals surface area contributed by atoms with Gasteiger partial charge in [-0.3, -0.25) is 14.6 Å². The highest BCUT2D eigenvalue weighted by Crippen LogP contribution is 2.12. The molecule has 6 nitrogen and oxygen atoms in total. The lowest BCUT2D eigenvalue weighted by atomic mass is 10.2. The van der Waals surface area contributed by atoms with Crippen molar-refractivity contribution in [2.24, 2.45) is 0 Å². The molecule has 3 aromatic rings. The van der Waals surface area contributed by atoms with Gasteiger partial charge < -0.3 is 15.4 Å². The Bertz CT molecular complexity index is 899. The van der Waals surface area contributed by atoms with Crippen molar-refractivity contribution < 1.29 is 14.3 Å². The number of ether oxygens (including phenoxy) is 1. The van der Waals surface area contributed by atoms with Gasteiger partial charge in [-0.15, -0.1) is 0 Å². The molecule has 0 aliphatic carbocycles. The van der Waals surface area contributed by atoms with E-state index in [0.717, 1.165) is 5.56 Å². The van der Waals surface area contributed by atoms with Crippen LogP contribution in [-0.4, -0.2) is 23.4 Å². The van der Waals surface area contributed by atoms with Gasteiger partial charge in [-0.05, 0) is 42.0 Å². The number of amides is 2. The number of aromatic nitrogens is 1. The maximum Gasteiger partial charge on any atom is 0.258 e.